The summed E-state index contributed by atoms with van der Waals surface area (Å²) in [4.78, 5) is 13.0. The van der Waals surface area contributed by atoms with E-state index in [0.717, 1.165) is 5.52 Å². The molecule has 26 heavy (non-hydrogen) atoms. The molecule has 0 fully saturated rings. The van der Waals surface area contributed by atoms with Crippen molar-refractivity contribution in [1.29, 1.82) is 0 Å². The van der Waals surface area contributed by atoms with Crippen molar-refractivity contribution in [3.63, 3.8) is 0 Å². The lowest BCUT2D eigenvalue weighted by Gasteiger charge is -2.14. The molecule has 0 bridgehead atoms. The molecule has 0 saturated carbocycles. The molecule has 2 heterocycles. The third-order valence-electron chi connectivity index (χ3n) is 3.80. The van der Waals surface area contributed by atoms with Crippen molar-refractivity contribution >= 4 is 28.5 Å². The van der Waals surface area contributed by atoms with Crippen molar-refractivity contribution in [2.45, 2.75) is 13.0 Å². The Kier molecular flexibility index (Phi) is 4.58. The molecule has 0 N–H and O–H groups in total. The Balaban J connectivity index is 1.45. The van der Waals surface area contributed by atoms with E-state index in [1.54, 1.807) is 18.3 Å². The number of rotatable bonds is 5. The first-order valence-electron chi connectivity index (χ1n) is 8.21. The highest BCUT2D eigenvalue weighted by Crippen LogP contribution is 2.25. The van der Waals surface area contributed by atoms with Gasteiger partial charge in [-0.2, -0.15) is 0 Å². The quantitative estimate of drug-likeness (QED) is 0.671. The molecular formula is C19H16ClN3O3. The van der Waals surface area contributed by atoms with Crippen LogP contribution < -0.4 is 9.47 Å². The maximum absolute atomic E-state index is 6.00. The minimum Gasteiger partial charge on any atom is -0.481 e. The summed E-state index contributed by atoms with van der Waals surface area (Å²) >= 11 is 6.00. The first-order chi connectivity index (χ1) is 12.7. The molecule has 0 spiro atoms. The third kappa shape index (κ3) is 3.70. The normalized spacial score (nSPS) is 14.6. The predicted octanol–water partition coefficient (Wildman–Crippen LogP) is 4.27. The van der Waals surface area contributed by atoms with Gasteiger partial charge in [-0.1, -0.05) is 11.6 Å². The van der Waals surface area contributed by atoms with Crippen molar-refractivity contribution < 1.29 is 14.2 Å². The van der Waals surface area contributed by atoms with E-state index in [4.69, 9.17) is 25.8 Å². The van der Waals surface area contributed by atoms with Crippen LogP contribution >= 0.6 is 11.6 Å². The lowest BCUT2D eigenvalue weighted by Crippen LogP contribution is -2.23. The highest BCUT2D eigenvalue weighted by Gasteiger charge is 2.17. The van der Waals surface area contributed by atoms with Gasteiger partial charge in [-0.3, -0.25) is 0 Å². The molecule has 0 saturated heterocycles. The average molecular weight is 370 g/mol. The van der Waals surface area contributed by atoms with Crippen LogP contribution in [0, 0.1) is 0 Å². The van der Waals surface area contributed by atoms with Crippen molar-refractivity contribution in [2.24, 2.45) is 4.99 Å². The Morgan fingerprint density at radius 3 is 2.65 bits per heavy atom. The van der Waals surface area contributed by atoms with Crippen LogP contribution in [0.2, 0.25) is 5.02 Å². The SMILES string of the molecule is CC(Oc1ccc(Oc2cnc3ccc(Cl)cc3n2)cc1)C1=NCCO1. The van der Waals surface area contributed by atoms with Gasteiger partial charge in [-0.15, -0.1) is 0 Å². The topological polar surface area (TPSA) is 65.8 Å². The second-order valence-corrected chi connectivity index (χ2v) is 6.18. The van der Waals surface area contributed by atoms with Crippen LogP contribution in [-0.2, 0) is 4.74 Å². The van der Waals surface area contributed by atoms with Gasteiger partial charge in [-0.25, -0.2) is 15.0 Å². The smallest absolute Gasteiger partial charge is 0.238 e. The Labute approximate surface area is 155 Å². The van der Waals surface area contributed by atoms with E-state index in [-0.39, 0.29) is 6.10 Å². The van der Waals surface area contributed by atoms with Crippen molar-refractivity contribution in [2.75, 3.05) is 13.2 Å². The number of halogens is 1. The summed E-state index contributed by atoms with van der Waals surface area (Å²) in [5.74, 6) is 2.38. The van der Waals surface area contributed by atoms with E-state index in [0.29, 0.717) is 47.0 Å². The van der Waals surface area contributed by atoms with Gasteiger partial charge < -0.3 is 14.2 Å². The minimum atomic E-state index is -0.222. The number of nitrogens with zero attached hydrogens (tertiary/aromatic N) is 3. The summed E-state index contributed by atoms with van der Waals surface area (Å²) in [7, 11) is 0. The van der Waals surface area contributed by atoms with Crippen LogP contribution in [0.4, 0.5) is 0 Å². The van der Waals surface area contributed by atoms with Gasteiger partial charge in [-0.05, 0) is 49.4 Å². The Morgan fingerprint density at radius 1 is 1.08 bits per heavy atom. The largest absolute Gasteiger partial charge is 0.481 e. The molecule has 6 nitrogen and oxygen atoms in total. The molecule has 2 aromatic carbocycles. The standard InChI is InChI=1S/C19H16ClN3O3/c1-12(19-21-8-9-24-19)25-14-3-5-15(6-4-14)26-18-11-22-16-7-2-13(20)10-17(16)23-18/h2-7,10-12H,8-9H2,1H3. The fourth-order valence-electron chi connectivity index (χ4n) is 2.58. The minimum absolute atomic E-state index is 0.222. The molecule has 0 aliphatic carbocycles. The molecule has 1 aliphatic rings. The number of benzene rings is 2. The molecule has 1 aliphatic heterocycles. The molecule has 1 unspecified atom stereocenters. The zero-order valence-corrected chi connectivity index (χ0v) is 14.8. The highest BCUT2D eigenvalue weighted by atomic mass is 35.5. The van der Waals surface area contributed by atoms with Gasteiger partial charge in [0.15, 0.2) is 6.10 Å². The van der Waals surface area contributed by atoms with Crippen LogP contribution in [0.25, 0.3) is 11.0 Å². The van der Waals surface area contributed by atoms with E-state index in [1.807, 2.05) is 37.3 Å². The zero-order chi connectivity index (χ0) is 17.9. The molecule has 4 rings (SSSR count). The van der Waals surface area contributed by atoms with Crippen molar-refractivity contribution in [3.05, 3.63) is 53.7 Å². The lowest BCUT2D eigenvalue weighted by molar-refractivity contribution is 0.234. The molecular weight excluding hydrogens is 354 g/mol. The Morgan fingerprint density at radius 2 is 1.88 bits per heavy atom. The molecule has 7 heteroatoms. The Bertz CT molecular complexity index is 960. The molecule has 0 amide bonds. The average Bonchev–Trinajstić information content (AvgIpc) is 3.18. The van der Waals surface area contributed by atoms with Gasteiger partial charge in [0.2, 0.25) is 11.8 Å². The second-order valence-electron chi connectivity index (χ2n) is 5.74. The fourth-order valence-corrected chi connectivity index (χ4v) is 2.74. The highest BCUT2D eigenvalue weighted by molar-refractivity contribution is 6.31. The number of aliphatic imine (C=N–C) groups is 1. The third-order valence-corrected chi connectivity index (χ3v) is 4.03. The van der Waals surface area contributed by atoms with E-state index in [1.165, 1.54) is 0 Å². The van der Waals surface area contributed by atoms with Crippen LogP contribution in [0.5, 0.6) is 17.4 Å². The first kappa shape index (κ1) is 16.6. The summed E-state index contributed by atoms with van der Waals surface area (Å²) < 4.78 is 17.0. The van der Waals surface area contributed by atoms with Gasteiger partial charge in [0.05, 0.1) is 23.8 Å². The first-order valence-corrected chi connectivity index (χ1v) is 8.59. The number of fused-ring (bicyclic) bond motifs is 1. The maximum Gasteiger partial charge on any atom is 0.238 e. The summed E-state index contributed by atoms with van der Waals surface area (Å²) in [6, 6.07) is 12.6. The number of ether oxygens (including phenoxy) is 3. The Hall–Kier alpha value is -2.86. The molecule has 0 radical (unpaired) electrons. The summed E-state index contributed by atoms with van der Waals surface area (Å²) in [5.41, 5.74) is 1.44. The number of hydrogen-bond acceptors (Lipinski definition) is 6. The van der Waals surface area contributed by atoms with Crippen molar-refractivity contribution in [1.82, 2.24) is 9.97 Å². The van der Waals surface area contributed by atoms with Crippen LogP contribution in [-0.4, -0.2) is 35.1 Å². The van der Waals surface area contributed by atoms with E-state index < -0.39 is 0 Å². The molecule has 132 valence electrons. The van der Waals surface area contributed by atoms with E-state index >= 15 is 0 Å². The van der Waals surface area contributed by atoms with Crippen molar-refractivity contribution in [3.8, 4) is 17.4 Å². The summed E-state index contributed by atoms with van der Waals surface area (Å²) in [6.07, 6.45) is 1.36. The zero-order valence-electron chi connectivity index (χ0n) is 14.1. The monoisotopic (exact) mass is 369 g/mol. The second kappa shape index (κ2) is 7.17. The summed E-state index contributed by atoms with van der Waals surface area (Å²) in [5, 5.41) is 0.607. The van der Waals surface area contributed by atoms with Gasteiger partial charge in [0.25, 0.3) is 0 Å². The van der Waals surface area contributed by atoms with Crippen LogP contribution in [0.3, 0.4) is 0 Å². The van der Waals surface area contributed by atoms with Gasteiger partial charge in [0, 0.05) is 5.02 Å². The lowest BCUT2D eigenvalue weighted by atomic mass is 10.3. The van der Waals surface area contributed by atoms with Gasteiger partial charge >= 0.3 is 0 Å². The number of aromatic nitrogens is 2. The summed E-state index contributed by atoms with van der Waals surface area (Å²) in [6.45, 7) is 3.21. The molecule has 3 aromatic rings. The molecule has 1 aromatic heterocycles. The number of hydrogen-bond donors (Lipinski definition) is 0. The predicted molar refractivity (Wildman–Crippen MR) is 99.4 cm³/mol. The van der Waals surface area contributed by atoms with E-state index in [9.17, 15) is 0 Å². The molecule has 1 atom stereocenters. The van der Waals surface area contributed by atoms with Gasteiger partial charge in [0.1, 0.15) is 18.1 Å². The van der Waals surface area contributed by atoms with Crippen LogP contribution in [0.1, 0.15) is 6.92 Å². The van der Waals surface area contributed by atoms with Crippen LogP contribution in [0.15, 0.2) is 53.7 Å². The van der Waals surface area contributed by atoms with E-state index in [2.05, 4.69) is 15.0 Å². The maximum atomic E-state index is 6.00. The fraction of sp³-hybridized carbons (Fsp3) is 0.211.